The molecule has 0 saturated heterocycles. The molecule has 1 heterocycles. The molecule has 0 fully saturated rings. The largest absolute Gasteiger partial charge is 0.508 e. The summed E-state index contributed by atoms with van der Waals surface area (Å²) in [7, 11) is 0. The molecule has 1 aromatic heterocycles. The highest BCUT2D eigenvalue weighted by molar-refractivity contribution is 5.81. The number of aromatic hydroxyl groups is 1. The van der Waals surface area contributed by atoms with Crippen LogP contribution in [0.1, 0.15) is 5.56 Å². The molecule has 2 aromatic rings. The Morgan fingerprint density at radius 2 is 2.20 bits per heavy atom. The minimum atomic E-state index is -0.500. The zero-order chi connectivity index (χ0) is 10.8. The van der Waals surface area contributed by atoms with Gasteiger partial charge in [-0.1, -0.05) is 0 Å². The van der Waals surface area contributed by atoms with Crippen LogP contribution in [0.3, 0.4) is 0 Å². The number of rotatable bonds is 2. The van der Waals surface area contributed by atoms with Crippen molar-refractivity contribution in [1.29, 1.82) is 0 Å². The summed E-state index contributed by atoms with van der Waals surface area (Å²) in [5.74, 6) is 4.99. The lowest BCUT2D eigenvalue weighted by Gasteiger charge is -2.03. The monoisotopic (exact) mass is 207 g/mol. The standard InChI is InChI=1S/C10H9NO4/c11-14-5-6-3-10(13)15-9-4-7(12)1-2-8(6)9/h1-4,12H,5,11H2. The third-order valence-electron chi connectivity index (χ3n) is 2.05. The molecule has 5 nitrogen and oxygen atoms in total. The van der Waals surface area contributed by atoms with Crippen molar-refractivity contribution in [2.24, 2.45) is 5.90 Å². The molecule has 0 amide bonds. The number of hydrogen-bond donors (Lipinski definition) is 2. The normalized spacial score (nSPS) is 10.7. The fourth-order valence-electron chi connectivity index (χ4n) is 1.43. The van der Waals surface area contributed by atoms with Gasteiger partial charge in [0.2, 0.25) is 0 Å². The van der Waals surface area contributed by atoms with E-state index in [9.17, 15) is 9.90 Å². The average molecular weight is 207 g/mol. The molecule has 0 aliphatic carbocycles. The molecule has 0 aliphatic heterocycles. The number of phenols is 1. The van der Waals surface area contributed by atoms with Crippen LogP contribution in [-0.4, -0.2) is 5.11 Å². The summed E-state index contributed by atoms with van der Waals surface area (Å²) in [6.45, 7) is 0.118. The van der Waals surface area contributed by atoms with Gasteiger partial charge in [0, 0.05) is 17.5 Å². The number of nitrogens with two attached hydrogens (primary N) is 1. The highest BCUT2D eigenvalue weighted by Gasteiger charge is 2.05. The number of phenolic OH excluding ortho intramolecular Hbond substituents is 1. The van der Waals surface area contributed by atoms with Gasteiger partial charge in [-0.15, -0.1) is 0 Å². The summed E-state index contributed by atoms with van der Waals surface area (Å²) in [5, 5.41) is 9.92. The third kappa shape index (κ3) is 1.83. The fourth-order valence-corrected chi connectivity index (χ4v) is 1.43. The molecular weight excluding hydrogens is 198 g/mol. The van der Waals surface area contributed by atoms with Crippen LogP contribution in [0.25, 0.3) is 11.0 Å². The van der Waals surface area contributed by atoms with Crippen LogP contribution in [0.4, 0.5) is 0 Å². The molecule has 2 rings (SSSR count). The van der Waals surface area contributed by atoms with E-state index in [4.69, 9.17) is 10.3 Å². The first kappa shape index (κ1) is 9.70. The summed E-state index contributed by atoms with van der Waals surface area (Å²) < 4.78 is 4.92. The molecular formula is C10H9NO4. The van der Waals surface area contributed by atoms with E-state index < -0.39 is 5.63 Å². The van der Waals surface area contributed by atoms with E-state index in [1.807, 2.05) is 0 Å². The quantitative estimate of drug-likeness (QED) is 0.564. The first-order valence-electron chi connectivity index (χ1n) is 4.28. The van der Waals surface area contributed by atoms with Gasteiger partial charge in [0.25, 0.3) is 0 Å². The zero-order valence-corrected chi connectivity index (χ0v) is 7.77. The second-order valence-corrected chi connectivity index (χ2v) is 3.08. The molecule has 0 atom stereocenters. The third-order valence-corrected chi connectivity index (χ3v) is 2.05. The van der Waals surface area contributed by atoms with Gasteiger partial charge in [-0.3, -0.25) is 4.84 Å². The van der Waals surface area contributed by atoms with E-state index in [2.05, 4.69) is 4.84 Å². The second kappa shape index (κ2) is 3.72. The van der Waals surface area contributed by atoms with Crippen molar-refractivity contribution in [3.63, 3.8) is 0 Å². The van der Waals surface area contributed by atoms with Crippen molar-refractivity contribution in [1.82, 2.24) is 0 Å². The van der Waals surface area contributed by atoms with Crippen LogP contribution < -0.4 is 11.5 Å². The van der Waals surface area contributed by atoms with Crippen LogP contribution in [-0.2, 0) is 11.4 Å². The van der Waals surface area contributed by atoms with Crippen LogP contribution >= 0.6 is 0 Å². The van der Waals surface area contributed by atoms with Crippen LogP contribution in [0.2, 0.25) is 0 Å². The van der Waals surface area contributed by atoms with Crippen molar-refractivity contribution in [2.45, 2.75) is 6.61 Å². The summed E-state index contributed by atoms with van der Waals surface area (Å²) in [6.07, 6.45) is 0. The minimum absolute atomic E-state index is 0.0384. The zero-order valence-electron chi connectivity index (χ0n) is 7.77. The van der Waals surface area contributed by atoms with E-state index >= 15 is 0 Å². The molecule has 15 heavy (non-hydrogen) atoms. The molecule has 78 valence electrons. The Kier molecular flexibility index (Phi) is 2.40. The van der Waals surface area contributed by atoms with E-state index in [-0.39, 0.29) is 12.4 Å². The predicted molar refractivity (Wildman–Crippen MR) is 53.1 cm³/mol. The highest BCUT2D eigenvalue weighted by Crippen LogP contribution is 2.21. The van der Waals surface area contributed by atoms with Gasteiger partial charge < -0.3 is 9.52 Å². The molecule has 0 aliphatic rings. The number of fused-ring (bicyclic) bond motifs is 1. The van der Waals surface area contributed by atoms with E-state index in [1.165, 1.54) is 18.2 Å². The highest BCUT2D eigenvalue weighted by atomic mass is 16.6. The predicted octanol–water partition coefficient (Wildman–Crippen LogP) is 0.889. The second-order valence-electron chi connectivity index (χ2n) is 3.08. The molecule has 0 saturated carbocycles. The smallest absolute Gasteiger partial charge is 0.336 e. The number of hydrogen-bond acceptors (Lipinski definition) is 5. The summed E-state index contributed by atoms with van der Waals surface area (Å²) in [5.41, 5.74) is 0.443. The number of benzene rings is 1. The van der Waals surface area contributed by atoms with Crippen LogP contribution in [0, 0.1) is 0 Å². The van der Waals surface area contributed by atoms with Crippen LogP contribution in [0.5, 0.6) is 5.75 Å². The molecule has 1 aromatic carbocycles. The van der Waals surface area contributed by atoms with Crippen molar-refractivity contribution in [2.75, 3.05) is 0 Å². The summed E-state index contributed by atoms with van der Waals surface area (Å²) in [4.78, 5) is 15.6. The molecule has 0 unspecified atom stereocenters. The lowest BCUT2D eigenvalue weighted by Crippen LogP contribution is -2.04. The molecule has 0 bridgehead atoms. The van der Waals surface area contributed by atoms with Gasteiger partial charge in [-0.2, -0.15) is 0 Å². The molecule has 0 spiro atoms. The Bertz CT molecular complexity index is 547. The molecule has 3 N–H and O–H groups in total. The van der Waals surface area contributed by atoms with Crippen molar-refractivity contribution < 1.29 is 14.4 Å². The Balaban J connectivity index is 2.74. The fraction of sp³-hybridized carbons (Fsp3) is 0.100. The Labute approximate surface area is 84.6 Å². The lowest BCUT2D eigenvalue weighted by molar-refractivity contribution is 0.124. The van der Waals surface area contributed by atoms with Gasteiger partial charge in [-0.05, 0) is 17.7 Å². The van der Waals surface area contributed by atoms with E-state index in [0.717, 1.165) is 0 Å². The lowest BCUT2D eigenvalue weighted by atomic mass is 10.1. The maximum atomic E-state index is 11.1. The Hall–Kier alpha value is -1.85. The molecule has 0 radical (unpaired) electrons. The maximum absolute atomic E-state index is 11.1. The van der Waals surface area contributed by atoms with E-state index in [1.54, 1.807) is 6.07 Å². The van der Waals surface area contributed by atoms with Crippen molar-refractivity contribution >= 4 is 11.0 Å². The van der Waals surface area contributed by atoms with Gasteiger partial charge >= 0.3 is 5.63 Å². The van der Waals surface area contributed by atoms with E-state index in [0.29, 0.717) is 16.5 Å². The Morgan fingerprint density at radius 3 is 2.93 bits per heavy atom. The van der Waals surface area contributed by atoms with Gasteiger partial charge in [0.15, 0.2) is 0 Å². The topological polar surface area (TPSA) is 85.7 Å². The Morgan fingerprint density at radius 1 is 1.40 bits per heavy atom. The van der Waals surface area contributed by atoms with Gasteiger partial charge in [-0.25, -0.2) is 10.7 Å². The molecule has 5 heteroatoms. The first-order chi connectivity index (χ1) is 7.20. The van der Waals surface area contributed by atoms with Crippen molar-refractivity contribution in [3.8, 4) is 5.75 Å². The summed E-state index contributed by atoms with van der Waals surface area (Å²) >= 11 is 0. The summed E-state index contributed by atoms with van der Waals surface area (Å²) in [6, 6.07) is 5.83. The first-order valence-corrected chi connectivity index (χ1v) is 4.28. The average Bonchev–Trinajstić information content (AvgIpc) is 2.17. The minimum Gasteiger partial charge on any atom is -0.508 e. The van der Waals surface area contributed by atoms with Gasteiger partial charge in [0.1, 0.15) is 11.3 Å². The van der Waals surface area contributed by atoms with Gasteiger partial charge in [0.05, 0.1) is 6.61 Å². The SMILES string of the molecule is NOCc1cc(=O)oc2cc(O)ccc12. The maximum Gasteiger partial charge on any atom is 0.336 e. The van der Waals surface area contributed by atoms with Crippen molar-refractivity contribution in [3.05, 3.63) is 40.2 Å². The van der Waals surface area contributed by atoms with Crippen LogP contribution in [0.15, 0.2) is 33.5 Å².